The molecule has 0 unspecified atom stereocenters. The van der Waals surface area contributed by atoms with E-state index in [9.17, 15) is 0 Å². The van der Waals surface area contributed by atoms with Crippen molar-refractivity contribution in [1.82, 2.24) is 14.8 Å². The fourth-order valence-electron chi connectivity index (χ4n) is 2.47. The first-order valence-corrected chi connectivity index (χ1v) is 7.19. The molecule has 2 N–H and O–H groups in total. The number of thiocarbonyl (C=S) groups is 1. The first-order valence-electron chi connectivity index (χ1n) is 6.78. The molecule has 0 saturated carbocycles. The molecule has 0 aromatic carbocycles. The summed E-state index contributed by atoms with van der Waals surface area (Å²) in [6.45, 7) is 9.81. The number of hydrogen-bond acceptors (Lipinski definition) is 4. The molecule has 0 spiro atoms. The van der Waals surface area contributed by atoms with Gasteiger partial charge in [-0.3, -0.25) is 14.8 Å². The van der Waals surface area contributed by atoms with E-state index in [2.05, 4.69) is 34.7 Å². The molecule has 0 amide bonds. The van der Waals surface area contributed by atoms with Crippen LogP contribution in [0.1, 0.15) is 25.1 Å². The van der Waals surface area contributed by atoms with E-state index in [1.54, 1.807) is 6.20 Å². The Labute approximate surface area is 120 Å². The number of nitrogens with two attached hydrogens (primary N) is 1. The van der Waals surface area contributed by atoms with Crippen molar-refractivity contribution in [3.05, 3.63) is 29.6 Å². The third-order valence-electron chi connectivity index (χ3n) is 3.66. The van der Waals surface area contributed by atoms with Gasteiger partial charge in [0.2, 0.25) is 0 Å². The van der Waals surface area contributed by atoms with Gasteiger partial charge in [-0.2, -0.15) is 0 Å². The van der Waals surface area contributed by atoms with Crippen LogP contribution in [0, 0.1) is 0 Å². The number of aromatic nitrogens is 1. The van der Waals surface area contributed by atoms with Crippen LogP contribution in [0.25, 0.3) is 0 Å². The Morgan fingerprint density at radius 2 is 2.05 bits per heavy atom. The molecule has 0 atom stereocenters. The van der Waals surface area contributed by atoms with Crippen LogP contribution in [-0.2, 0) is 6.54 Å². The first kappa shape index (κ1) is 14.4. The summed E-state index contributed by atoms with van der Waals surface area (Å²) in [6.07, 6.45) is 1.74. The van der Waals surface area contributed by atoms with Crippen LogP contribution in [0.3, 0.4) is 0 Å². The number of nitrogens with zero attached hydrogens (tertiary/aromatic N) is 3. The van der Waals surface area contributed by atoms with Crippen molar-refractivity contribution in [2.75, 3.05) is 26.2 Å². The molecule has 1 aliphatic rings. The van der Waals surface area contributed by atoms with Crippen molar-refractivity contribution in [2.45, 2.75) is 26.4 Å². The van der Waals surface area contributed by atoms with E-state index in [-0.39, 0.29) is 0 Å². The second kappa shape index (κ2) is 6.41. The smallest absolute Gasteiger partial charge is 0.123 e. The minimum atomic E-state index is 0.386. The summed E-state index contributed by atoms with van der Waals surface area (Å²) in [4.78, 5) is 9.62. The Kier molecular flexibility index (Phi) is 4.85. The van der Waals surface area contributed by atoms with Gasteiger partial charge >= 0.3 is 0 Å². The third kappa shape index (κ3) is 3.72. The Morgan fingerprint density at radius 1 is 1.37 bits per heavy atom. The van der Waals surface area contributed by atoms with Crippen LogP contribution in [-0.4, -0.2) is 52.0 Å². The molecular weight excluding hydrogens is 256 g/mol. The highest BCUT2D eigenvalue weighted by Gasteiger charge is 2.19. The average molecular weight is 278 g/mol. The predicted octanol–water partition coefficient (Wildman–Crippen LogP) is 1.24. The van der Waals surface area contributed by atoms with Crippen molar-refractivity contribution in [3.8, 4) is 0 Å². The van der Waals surface area contributed by atoms with Gasteiger partial charge in [0.1, 0.15) is 10.7 Å². The third-order valence-corrected chi connectivity index (χ3v) is 3.85. The van der Waals surface area contributed by atoms with Crippen LogP contribution in [0.4, 0.5) is 0 Å². The predicted molar refractivity (Wildman–Crippen MR) is 82.1 cm³/mol. The summed E-state index contributed by atoms with van der Waals surface area (Å²) in [5.74, 6) is 0. The van der Waals surface area contributed by atoms with Crippen molar-refractivity contribution in [3.63, 3.8) is 0 Å². The zero-order chi connectivity index (χ0) is 13.8. The lowest BCUT2D eigenvalue weighted by atomic mass is 10.1. The Balaban J connectivity index is 1.98. The molecule has 0 bridgehead atoms. The summed E-state index contributed by atoms with van der Waals surface area (Å²) in [7, 11) is 0. The van der Waals surface area contributed by atoms with Crippen LogP contribution < -0.4 is 5.73 Å². The minimum absolute atomic E-state index is 0.386. The molecule has 1 fully saturated rings. The van der Waals surface area contributed by atoms with E-state index in [0.717, 1.165) is 44.0 Å². The summed E-state index contributed by atoms with van der Waals surface area (Å²) >= 11 is 5.06. The van der Waals surface area contributed by atoms with Crippen molar-refractivity contribution in [2.24, 2.45) is 5.73 Å². The second-order valence-corrected chi connectivity index (χ2v) is 5.72. The summed E-state index contributed by atoms with van der Waals surface area (Å²) in [6, 6.07) is 4.64. The first-order chi connectivity index (χ1) is 9.08. The zero-order valence-electron chi connectivity index (χ0n) is 11.7. The maximum atomic E-state index is 5.72. The van der Waals surface area contributed by atoms with E-state index in [1.807, 2.05) is 6.07 Å². The van der Waals surface area contributed by atoms with Crippen molar-refractivity contribution < 1.29 is 0 Å². The Hall–Kier alpha value is -1.04. The van der Waals surface area contributed by atoms with Crippen LogP contribution in [0.5, 0.6) is 0 Å². The van der Waals surface area contributed by atoms with Crippen molar-refractivity contribution in [1.29, 1.82) is 0 Å². The Morgan fingerprint density at radius 3 is 2.63 bits per heavy atom. The van der Waals surface area contributed by atoms with E-state index < -0.39 is 0 Å². The highest BCUT2D eigenvalue weighted by molar-refractivity contribution is 7.80. The van der Waals surface area contributed by atoms with Crippen LogP contribution in [0.2, 0.25) is 0 Å². The van der Waals surface area contributed by atoms with E-state index in [4.69, 9.17) is 18.0 Å². The van der Waals surface area contributed by atoms with Crippen LogP contribution >= 0.6 is 12.2 Å². The molecule has 1 aromatic heterocycles. The Bertz CT molecular complexity index is 439. The van der Waals surface area contributed by atoms with E-state index in [1.165, 1.54) is 0 Å². The lowest BCUT2D eigenvalue weighted by Crippen LogP contribution is -2.48. The van der Waals surface area contributed by atoms with Gasteiger partial charge in [-0.05, 0) is 25.5 Å². The quantitative estimate of drug-likeness (QED) is 0.840. The average Bonchev–Trinajstić information content (AvgIpc) is 2.39. The fourth-order valence-corrected chi connectivity index (χ4v) is 2.65. The van der Waals surface area contributed by atoms with Gasteiger partial charge in [0.05, 0.1) is 0 Å². The molecule has 19 heavy (non-hydrogen) atoms. The lowest BCUT2D eigenvalue weighted by Gasteiger charge is -2.37. The number of rotatable bonds is 4. The molecule has 1 aliphatic heterocycles. The van der Waals surface area contributed by atoms with E-state index in [0.29, 0.717) is 11.0 Å². The fraction of sp³-hybridized carbons (Fsp3) is 0.571. The van der Waals surface area contributed by atoms with E-state index >= 15 is 0 Å². The van der Waals surface area contributed by atoms with Gasteiger partial charge in [-0.15, -0.1) is 0 Å². The summed E-state index contributed by atoms with van der Waals surface area (Å²) < 4.78 is 0. The summed E-state index contributed by atoms with van der Waals surface area (Å²) in [5.41, 5.74) is 7.62. The molecule has 2 heterocycles. The standard InChI is InChI=1S/C14H22N4S/c1-11(2)18-8-6-17(7-9-18)10-12-4-3-5-16-13(12)14(15)19/h3-5,11H,6-10H2,1-2H3,(H2,15,19). The molecule has 2 rings (SSSR count). The second-order valence-electron chi connectivity index (χ2n) is 5.28. The zero-order valence-corrected chi connectivity index (χ0v) is 12.5. The largest absolute Gasteiger partial charge is 0.388 e. The van der Waals surface area contributed by atoms with Crippen molar-refractivity contribution >= 4 is 17.2 Å². The highest BCUT2D eigenvalue weighted by Crippen LogP contribution is 2.12. The van der Waals surface area contributed by atoms with Gasteiger partial charge < -0.3 is 5.73 Å². The summed E-state index contributed by atoms with van der Waals surface area (Å²) in [5, 5.41) is 0. The maximum absolute atomic E-state index is 5.72. The molecule has 104 valence electrons. The number of piperazine rings is 1. The molecule has 1 aromatic rings. The van der Waals surface area contributed by atoms with Gasteiger partial charge in [0.25, 0.3) is 0 Å². The topological polar surface area (TPSA) is 45.4 Å². The number of hydrogen-bond donors (Lipinski definition) is 1. The SMILES string of the molecule is CC(C)N1CCN(Cc2cccnc2C(N)=S)CC1. The molecule has 0 radical (unpaired) electrons. The lowest BCUT2D eigenvalue weighted by molar-refractivity contribution is 0.104. The molecule has 0 aliphatic carbocycles. The van der Waals surface area contributed by atoms with Gasteiger partial charge in [-0.1, -0.05) is 18.3 Å². The molecule has 5 heteroatoms. The van der Waals surface area contributed by atoms with Gasteiger partial charge in [0, 0.05) is 45.0 Å². The maximum Gasteiger partial charge on any atom is 0.123 e. The minimum Gasteiger partial charge on any atom is -0.388 e. The van der Waals surface area contributed by atoms with Gasteiger partial charge in [-0.25, -0.2) is 0 Å². The van der Waals surface area contributed by atoms with Gasteiger partial charge in [0.15, 0.2) is 0 Å². The number of pyridine rings is 1. The molecular formula is C14H22N4S. The highest BCUT2D eigenvalue weighted by atomic mass is 32.1. The van der Waals surface area contributed by atoms with Crippen LogP contribution in [0.15, 0.2) is 18.3 Å². The molecule has 4 nitrogen and oxygen atoms in total. The monoisotopic (exact) mass is 278 g/mol. The molecule has 1 saturated heterocycles. The normalized spacial score (nSPS) is 17.8.